The number of rotatable bonds is 9. The molecule has 0 aliphatic rings. The van der Waals surface area contributed by atoms with Crippen molar-refractivity contribution in [3.8, 4) is 11.5 Å². The summed E-state index contributed by atoms with van der Waals surface area (Å²) >= 11 is 0. The van der Waals surface area contributed by atoms with E-state index in [9.17, 15) is 0 Å². The zero-order valence-corrected chi connectivity index (χ0v) is 14.3. The minimum Gasteiger partial charge on any atom is -0.494 e. The quantitative estimate of drug-likeness (QED) is 0.697. The summed E-state index contributed by atoms with van der Waals surface area (Å²) in [5.74, 6) is 2.53. The fourth-order valence-corrected chi connectivity index (χ4v) is 2.22. The van der Waals surface area contributed by atoms with Gasteiger partial charge in [0.2, 0.25) is 0 Å². The van der Waals surface area contributed by atoms with E-state index in [0.29, 0.717) is 12.5 Å². The van der Waals surface area contributed by atoms with Crippen molar-refractivity contribution < 1.29 is 9.47 Å². The van der Waals surface area contributed by atoms with Gasteiger partial charge in [-0.2, -0.15) is 0 Å². The van der Waals surface area contributed by atoms with Gasteiger partial charge in [0.1, 0.15) is 11.5 Å². The molecule has 0 aliphatic carbocycles. The predicted octanol–water partition coefficient (Wildman–Crippen LogP) is 5.12. The molecule has 3 heteroatoms. The number of hydrogen-bond donors (Lipinski definition) is 1. The molecule has 0 bridgehead atoms. The van der Waals surface area contributed by atoms with E-state index >= 15 is 0 Å². The maximum atomic E-state index is 5.74. The summed E-state index contributed by atoms with van der Waals surface area (Å²) in [6.45, 7) is 8.60. The summed E-state index contributed by atoms with van der Waals surface area (Å²) in [5.41, 5.74) is 2.24. The highest BCUT2D eigenvalue weighted by atomic mass is 16.5. The van der Waals surface area contributed by atoms with Gasteiger partial charge in [0.25, 0.3) is 0 Å². The van der Waals surface area contributed by atoms with Gasteiger partial charge in [-0.25, -0.2) is 0 Å². The second kappa shape index (κ2) is 9.09. The molecule has 1 N–H and O–H groups in total. The third-order valence-corrected chi connectivity index (χ3v) is 3.57. The predicted molar refractivity (Wildman–Crippen MR) is 96.3 cm³/mol. The van der Waals surface area contributed by atoms with Crippen LogP contribution >= 0.6 is 0 Å². The lowest BCUT2D eigenvalue weighted by molar-refractivity contribution is 0.289. The van der Waals surface area contributed by atoms with Gasteiger partial charge >= 0.3 is 0 Å². The summed E-state index contributed by atoms with van der Waals surface area (Å²) in [6.07, 6.45) is 1.08. The Morgan fingerprint density at radius 1 is 0.957 bits per heavy atom. The summed E-state index contributed by atoms with van der Waals surface area (Å²) < 4.78 is 11.4. The van der Waals surface area contributed by atoms with Crippen molar-refractivity contribution in [1.29, 1.82) is 0 Å². The van der Waals surface area contributed by atoms with Crippen LogP contribution in [0.5, 0.6) is 11.5 Å². The van der Waals surface area contributed by atoms with E-state index in [2.05, 4.69) is 25.2 Å². The molecule has 0 atom stereocenters. The van der Waals surface area contributed by atoms with E-state index in [-0.39, 0.29) is 0 Å². The largest absolute Gasteiger partial charge is 0.494 e. The van der Waals surface area contributed by atoms with Crippen molar-refractivity contribution in [3.63, 3.8) is 0 Å². The second-order valence-electron chi connectivity index (χ2n) is 5.95. The molecule has 124 valence electrons. The molecule has 0 saturated carbocycles. The summed E-state index contributed by atoms with van der Waals surface area (Å²) in [4.78, 5) is 0. The molecular weight excluding hydrogens is 286 g/mol. The van der Waals surface area contributed by atoms with E-state index in [1.54, 1.807) is 0 Å². The molecule has 0 saturated heterocycles. The van der Waals surface area contributed by atoms with Crippen LogP contribution in [0.15, 0.2) is 48.5 Å². The van der Waals surface area contributed by atoms with Crippen molar-refractivity contribution in [1.82, 2.24) is 0 Å². The first-order chi connectivity index (χ1) is 11.2. The minimum absolute atomic E-state index is 0.668. The molecule has 2 rings (SSSR count). The van der Waals surface area contributed by atoms with E-state index in [1.807, 2.05) is 49.4 Å². The Morgan fingerprint density at radius 2 is 1.70 bits per heavy atom. The maximum Gasteiger partial charge on any atom is 0.124 e. The zero-order chi connectivity index (χ0) is 16.5. The van der Waals surface area contributed by atoms with Crippen LogP contribution in [-0.4, -0.2) is 13.2 Å². The molecule has 0 radical (unpaired) electrons. The fraction of sp³-hybridized carbons (Fsp3) is 0.400. The number of nitrogens with one attached hydrogen (secondary N) is 1. The Hall–Kier alpha value is -2.16. The van der Waals surface area contributed by atoms with Crippen molar-refractivity contribution >= 4 is 5.69 Å². The van der Waals surface area contributed by atoms with Gasteiger partial charge in [-0.1, -0.05) is 32.0 Å². The van der Waals surface area contributed by atoms with Crippen molar-refractivity contribution in [2.24, 2.45) is 5.92 Å². The van der Waals surface area contributed by atoms with Crippen molar-refractivity contribution in [2.45, 2.75) is 33.7 Å². The van der Waals surface area contributed by atoms with Gasteiger partial charge in [-0.3, -0.25) is 0 Å². The average molecular weight is 313 g/mol. The van der Waals surface area contributed by atoms with Crippen LogP contribution in [0.25, 0.3) is 0 Å². The molecule has 0 fully saturated rings. The molecule has 0 amide bonds. The zero-order valence-electron chi connectivity index (χ0n) is 14.3. The van der Waals surface area contributed by atoms with E-state index in [0.717, 1.165) is 42.3 Å². The topological polar surface area (TPSA) is 30.5 Å². The van der Waals surface area contributed by atoms with E-state index < -0.39 is 0 Å². The standard InChI is InChI=1S/C20H27NO2/c1-4-22-20-8-6-5-7-17(20)15-21-18-9-11-19(12-10-18)23-14-13-16(2)3/h5-12,16,21H,4,13-15H2,1-3H3. The number of anilines is 1. The lowest BCUT2D eigenvalue weighted by Crippen LogP contribution is -2.03. The third-order valence-electron chi connectivity index (χ3n) is 3.57. The van der Waals surface area contributed by atoms with Crippen LogP contribution in [-0.2, 0) is 6.54 Å². The monoisotopic (exact) mass is 313 g/mol. The molecule has 2 aromatic rings. The van der Waals surface area contributed by atoms with Crippen LogP contribution in [0, 0.1) is 5.92 Å². The molecular formula is C20H27NO2. The lowest BCUT2D eigenvalue weighted by atomic mass is 10.1. The highest BCUT2D eigenvalue weighted by Gasteiger charge is 2.02. The molecule has 0 spiro atoms. The van der Waals surface area contributed by atoms with Crippen LogP contribution in [0.1, 0.15) is 32.8 Å². The van der Waals surface area contributed by atoms with E-state index in [4.69, 9.17) is 9.47 Å². The highest BCUT2D eigenvalue weighted by molar-refractivity contribution is 5.47. The molecule has 0 heterocycles. The Labute approximate surface area is 139 Å². The number of ether oxygens (including phenoxy) is 2. The van der Waals surface area contributed by atoms with Gasteiger partial charge < -0.3 is 14.8 Å². The Balaban J connectivity index is 1.86. The first-order valence-corrected chi connectivity index (χ1v) is 8.36. The maximum absolute atomic E-state index is 5.74. The average Bonchev–Trinajstić information content (AvgIpc) is 2.55. The van der Waals surface area contributed by atoms with Crippen molar-refractivity contribution in [3.05, 3.63) is 54.1 Å². The Morgan fingerprint density at radius 3 is 2.39 bits per heavy atom. The fourth-order valence-electron chi connectivity index (χ4n) is 2.22. The van der Waals surface area contributed by atoms with Gasteiger partial charge in [-0.15, -0.1) is 0 Å². The van der Waals surface area contributed by atoms with Crippen LogP contribution in [0.4, 0.5) is 5.69 Å². The van der Waals surface area contributed by atoms with Crippen LogP contribution in [0.3, 0.4) is 0 Å². The highest BCUT2D eigenvalue weighted by Crippen LogP contribution is 2.21. The lowest BCUT2D eigenvalue weighted by Gasteiger charge is -2.12. The van der Waals surface area contributed by atoms with Crippen LogP contribution < -0.4 is 14.8 Å². The molecule has 2 aromatic carbocycles. The van der Waals surface area contributed by atoms with E-state index in [1.165, 1.54) is 0 Å². The normalized spacial score (nSPS) is 10.6. The van der Waals surface area contributed by atoms with Crippen molar-refractivity contribution in [2.75, 3.05) is 18.5 Å². The van der Waals surface area contributed by atoms with Gasteiger partial charge in [0.15, 0.2) is 0 Å². The molecule has 0 unspecified atom stereocenters. The number of hydrogen-bond acceptors (Lipinski definition) is 3. The third kappa shape index (κ3) is 5.85. The first kappa shape index (κ1) is 17.2. The van der Waals surface area contributed by atoms with Gasteiger partial charge in [-0.05, 0) is 49.6 Å². The van der Waals surface area contributed by atoms with Crippen LogP contribution in [0.2, 0.25) is 0 Å². The second-order valence-corrected chi connectivity index (χ2v) is 5.95. The molecule has 0 aliphatic heterocycles. The summed E-state index contributed by atoms with van der Waals surface area (Å²) in [6, 6.07) is 16.2. The summed E-state index contributed by atoms with van der Waals surface area (Å²) in [5, 5.41) is 3.43. The van der Waals surface area contributed by atoms with Gasteiger partial charge in [0, 0.05) is 17.8 Å². The Bertz CT molecular complexity index is 578. The Kier molecular flexibility index (Phi) is 6.79. The molecule has 3 nitrogen and oxygen atoms in total. The SMILES string of the molecule is CCOc1ccccc1CNc1ccc(OCCC(C)C)cc1. The molecule has 0 aromatic heterocycles. The van der Waals surface area contributed by atoms with Gasteiger partial charge in [0.05, 0.1) is 13.2 Å². The summed E-state index contributed by atoms with van der Waals surface area (Å²) in [7, 11) is 0. The number of para-hydroxylation sites is 1. The number of benzene rings is 2. The minimum atomic E-state index is 0.668. The first-order valence-electron chi connectivity index (χ1n) is 8.36. The molecule has 23 heavy (non-hydrogen) atoms. The smallest absolute Gasteiger partial charge is 0.124 e.